The van der Waals surface area contributed by atoms with Crippen molar-refractivity contribution in [2.24, 2.45) is 5.10 Å². The number of anilines is 1. The number of aromatic nitrogens is 3. The highest BCUT2D eigenvalue weighted by Gasteiger charge is 2.01. The quantitative estimate of drug-likeness (QED) is 0.663. The Hall–Kier alpha value is -2.61. The molecule has 0 aliphatic carbocycles. The fourth-order valence-electron chi connectivity index (χ4n) is 1.56. The summed E-state index contributed by atoms with van der Waals surface area (Å²) in [5, 5.41) is 13.0. The summed E-state index contributed by atoms with van der Waals surface area (Å²) in [7, 11) is 0. The molecule has 0 saturated heterocycles. The first-order chi connectivity index (χ1) is 9.97. The number of nitrogens with zero attached hydrogens (tertiary/aromatic N) is 3. The van der Waals surface area contributed by atoms with E-state index in [4.69, 9.17) is 12.2 Å². The van der Waals surface area contributed by atoms with E-state index in [2.05, 4.69) is 20.6 Å². The van der Waals surface area contributed by atoms with Crippen LogP contribution < -0.4 is 10.9 Å². The lowest BCUT2D eigenvalue weighted by Crippen LogP contribution is -2.22. The summed E-state index contributed by atoms with van der Waals surface area (Å²) in [5.41, 5.74) is 1.36. The maximum atomic E-state index is 11.8. The van der Waals surface area contributed by atoms with Gasteiger partial charge in [0.2, 0.25) is 10.7 Å². The lowest BCUT2D eigenvalue weighted by atomic mass is 10.2. The molecule has 0 saturated carbocycles. The van der Waals surface area contributed by atoms with Gasteiger partial charge in [0.15, 0.2) is 0 Å². The SMILES string of the molecule is CC(=O)Nc1ccc(/C=N/n2c(=S)[nH]nc(C)c2=O)cc1. The van der Waals surface area contributed by atoms with E-state index in [0.717, 1.165) is 10.2 Å². The molecule has 0 aliphatic rings. The summed E-state index contributed by atoms with van der Waals surface area (Å²) in [6.45, 7) is 3.01. The lowest BCUT2D eigenvalue weighted by molar-refractivity contribution is -0.114. The van der Waals surface area contributed by atoms with Gasteiger partial charge in [-0.15, -0.1) is 0 Å². The number of hydrogen-bond donors (Lipinski definition) is 2. The van der Waals surface area contributed by atoms with E-state index in [1.807, 2.05) is 0 Å². The van der Waals surface area contributed by atoms with Crippen LogP contribution in [0.5, 0.6) is 0 Å². The predicted octanol–water partition coefficient (Wildman–Crippen LogP) is 1.45. The minimum Gasteiger partial charge on any atom is -0.326 e. The molecule has 8 heteroatoms. The Morgan fingerprint density at radius 2 is 2.10 bits per heavy atom. The van der Waals surface area contributed by atoms with Crippen LogP contribution in [0.3, 0.4) is 0 Å². The minimum atomic E-state index is -0.370. The molecule has 0 spiro atoms. The van der Waals surface area contributed by atoms with Gasteiger partial charge in [0.1, 0.15) is 5.69 Å². The molecule has 0 aliphatic heterocycles. The standard InChI is InChI=1S/C13H13N5O2S/c1-8-12(20)18(13(21)17-16-8)14-7-10-3-5-11(6-4-10)15-9(2)19/h3-7H,1-2H3,(H,15,19)(H,17,21)/b14-7+. The lowest BCUT2D eigenvalue weighted by Gasteiger charge is -2.02. The van der Waals surface area contributed by atoms with Crippen molar-refractivity contribution in [2.75, 3.05) is 5.32 Å². The number of H-pyrrole nitrogens is 1. The molecule has 1 amide bonds. The second-order valence-corrected chi connectivity index (χ2v) is 4.67. The number of aromatic amines is 1. The van der Waals surface area contributed by atoms with Crippen molar-refractivity contribution >= 4 is 30.0 Å². The molecule has 108 valence electrons. The third-order valence-electron chi connectivity index (χ3n) is 2.57. The normalized spacial score (nSPS) is 10.8. The first-order valence-electron chi connectivity index (χ1n) is 6.08. The molecule has 0 fully saturated rings. The maximum absolute atomic E-state index is 11.8. The van der Waals surface area contributed by atoms with Crippen molar-refractivity contribution in [1.82, 2.24) is 14.9 Å². The van der Waals surface area contributed by atoms with Gasteiger partial charge in [0.05, 0.1) is 6.21 Å². The molecule has 1 aromatic heterocycles. The summed E-state index contributed by atoms with van der Waals surface area (Å²) in [6.07, 6.45) is 1.50. The van der Waals surface area contributed by atoms with E-state index in [-0.39, 0.29) is 21.9 Å². The largest absolute Gasteiger partial charge is 0.326 e. The van der Waals surface area contributed by atoms with Crippen LogP contribution >= 0.6 is 12.2 Å². The number of nitrogens with one attached hydrogen (secondary N) is 2. The number of amides is 1. The fraction of sp³-hybridized carbons (Fsp3) is 0.154. The van der Waals surface area contributed by atoms with E-state index in [1.165, 1.54) is 13.1 Å². The van der Waals surface area contributed by atoms with E-state index in [1.54, 1.807) is 31.2 Å². The van der Waals surface area contributed by atoms with Gasteiger partial charge in [-0.3, -0.25) is 14.7 Å². The Balaban J connectivity index is 2.26. The molecule has 0 unspecified atom stereocenters. The van der Waals surface area contributed by atoms with Crippen LogP contribution in [0.1, 0.15) is 18.2 Å². The second-order valence-electron chi connectivity index (χ2n) is 4.28. The van der Waals surface area contributed by atoms with Gasteiger partial charge in [0.25, 0.3) is 5.56 Å². The van der Waals surface area contributed by atoms with E-state index >= 15 is 0 Å². The average Bonchev–Trinajstić information content (AvgIpc) is 2.44. The topological polar surface area (TPSA) is 92.1 Å². The predicted molar refractivity (Wildman–Crippen MR) is 82.2 cm³/mol. The molecular formula is C13H13N5O2S. The zero-order chi connectivity index (χ0) is 15.4. The first-order valence-corrected chi connectivity index (χ1v) is 6.48. The van der Waals surface area contributed by atoms with Crippen LogP contribution in [0.4, 0.5) is 5.69 Å². The summed E-state index contributed by atoms with van der Waals surface area (Å²) in [6, 6.07) is 7.01. The summed E-state index contributed by atoms with van der Waals surface area (Å²) >= 11 is 4.97. The molecule has 1 aromatic carbocycles. The van der Waals surface area contributed by atoms with Gasteiger partial charge in [-0.1, -0.05) is 12.1 Å². The van der Waals surface area contributed by atoms with Crippen LogP contribution in [0, 0.1) is 11.7 Å². The van der Waals surface area contributed by atoms with Crippen LogP contribution in [0.15, 0.2) is 34.2 Å². The van der Waals surface area contributed by atoms with Crippen LogP contribution in [0.25, 0.3) is 0 Å². The van der Waals surface area contributed by atoms with Gasteiger partial charge in [-0.25, -0.2) is 0 Å². The van der Waals surface area contributed by atoms with Crippen molar-refractivity contribution < 1.29 is 4.79 Å². The zero-order valence-electron chi connectivity index (χ0n) is 11.5. The van der Waals surface area contributed by atoms with Crippen molar-refractivity contribution in [3.8, 4) is 0 Å². The van der Waals surface area contributed by atoms with Gasteiger partial charge in [-0.2, -0.15) is 14.9 Å². The molecule has 0 bridgehead atoms. The highest BCUT2D eigenvalue weighted by Crippen LogP contribution is 2.07. The molecule has 7 nitrogen and oxygen atoms in total. The highest BCUT2D eigenvalue weighted by atomic mass is 32.1. The zero-order valence-corrected chi connectivity index (χ0v) is 12.3. The molecule has 2 rings (SSSR count). The fourth-order valence-corrected chi connectivity index (χ4v) is 1.73. The van der Waals surface area contributed by atoms with Crippen LogP contribution in [-0.2, 0) is 4.79 Å². The molecule has 1 heterocycles. The van der Waals surface area contributed by atoms with Gasteiger partial charge in [-0.05, 0) is 36.8 Å². The Morgan fingerprint density at radius 1 is 1.43 bits per heavy atom. The van der Waals surface area contributed by atoms with E-state index in [0.29, 0.717) is 5.69 Å². The Kier molecular flexibility index (Phi) is 4.39. The van der Waals surface area contributed by atoms with Gasteiger partial charge < -0.3 is 5.32 Å². The number of carbonyl (C=O) groups excluding carboxylic acids is 1. The summed E-state index contributed by atoms with van der Waals surface area (Å²) < 4.78 is 1.19. The minimum absolute atomic E-state index is 0.122. The number of rotatable bonds is 3. The maximum Gasteiger partial charge on any atom is 0.296 e. The summed E-state index contributed by atoms with van der Waals surface area (Å²) in [5.74, 6) is -0.137. The van der Waals surface area contributed by atoms with Gasteiger partial charge in [0, 0.05) is 12.6 Å². The van der Waals surface area contributed by atoms with Crippen molar-refractivity contribution in [2.45, 2.75) is 13.8 Å². The number of aryl methyl sites for hydroxylation is 1. The van der Waals surface area contributed by atoms with E-state index in [9.17, 15) is 9.59 Å². The van der Waals surface area contributed by atoms with Crippen LogP contribution in [0.2, 0.25) is 0 Å². The number of carbonyl (C=O) groups is 1. The Bertz CT molecular complexity index is 805. The van der Waals surface area contributed by atoms with Crippen molar-refractivity contribution in [3.63, 3.8) is 0 Å². The van der Waals surface area contributed by atoms with Crippen molar-refractivity contribution in [3.05, 3.63) is 50.6 Å². The Morgan fingerprint density at radius 3 is 2.71 bits per heavy atom. The average molecular weight is 303 g/mol. The smallest absolute Gasteiger partial charge is 0.296 e. The highest BCUT2D eigenvalue weighted by molar-refractivity contribution is 7.71. The number of benzene rings is 1. The third-order valence-corrected chi connectivity index (χ3v) is 2.83. The Labute approximate surface area is 125 Å². The molecule has 2 N–H and O–H groups in total. The van der Waals surface area contributed by atoms with Crippen molar-refractivity contribution in [1.29, 1.82) is 0 Å². The summed E-state index contributed by atoms with van der Waals surface area (Å²) in [4.78, 5) is 22.8. The molecule has 2 aromatic rings. The molecule has 0 radical (unpaired) electrons. The second kappa shape index (κ2) is 6.23. The third kappa shape index (κ3) is 3.69. The molecule has 0 atom stereocenters. The first kappa shape index (κ1) is 14.8. The van der Waals surface area contributed by atoms with Crippen LogP contribution in [-0.4, -0.2) is 27.0 Å². The molecule has 21 heavy (non-hydrogen) atoms. The van der Waals surface area contributed by atoms with Gasteiger partial charge >= 0.3 is 0 Å². The monoisotopic (exact) mass is 303 g/mol. The van der Waals surface area contributed by atoms with E-state index < -0.39 is 0 Å². The number of hydrogen-bond acceptors (Lipinski definition) is 5. The molecular weight excluding hydrogens is 290 g/mol.